The highest BCUT2D eigenvalue weighted by molar-refractivity contribution is 5.91. The van der Waals surface area contributed by atoms with E-state index in [1.165, 1.54) is 0 Å². The van der Waals surface area contributed by atoms with Gasteiger partial charge in [0.05, 0.1) is 6.42 Å². The van der Waals surface area contributed by atoms with Crippen LogP contribution in [0.1, 0.15) is 6.42 Å². The zero-order chi connectivity index (χ0) is 13.6. The fourth-order valence-electron chi connectivity index (χ4n) is 1.22. The van der Waals surface area contributed by atoms with Crippen LogP contribution >= 0.6 is 0 Å². The number of hydrogen-bond acceptors (Lipinski definition) is 6. The molecular weight excluding hydrogens is 236 g/mol. The molecule has 9 heteroatoms. The molecular formula is C8H14N2O7. The van der Waals surface area contributed by atoms with E-state index in [1.807, 2.05) is 0 Å². The summed E-state index contributed by atoms with van der Waals surface area (Å²) in [4.78, 5) is 32.1. The molecule has 0 aliphatic heterocycles. The van der Waals surface area contributed by atoms with Gasteiger partial charge in [0.1, 0.15) is 6.04 Å². The Morgan fingerprint density at radius 1 is 1.24 bits per heavy atom. The molecule has 0 saturated heterocycles. The van der Waals surface area contributed by atoms with Gasteiger partial charge in [-0.2, -0.15) is 0 Å². The second kappa shape index (κ2) is 6.13. The maximum absolute atomic E-state index is 10.8. The highest BCUT2D eigenvalue weighted by atomic mass is 16.4. The quantitative estimate of drug-likeness (QED) is 0.267. The van der Waals surface area contributed by atoms with E-state index in [0.717, 1.165) is 0 Å². The summed E-state index contributed by atoms with van der Waals surface area (Å²) in [5.41, 5.74) is 2.16. The topological polar surface area (TPSA) is 170 Å². The van der Waals surface area contributed by atoms with E-state index in [4.69, 9.17) is 21.1 Å². The molecule has 0 aliphatic carbocycles. The standard InChI is InChI=1S/C8H14N2O7/c9-1-2-10-5(6(13)14)8(17,7(15)16)3-4(11)12/h5,10,17H,1-3,9H2,(H,11,12)(H,13,14)(H,15,16). The van der Waals surface area contributed by atoms with Crippen LogP contribution in [0.4, 0.5) is 0 Å². The van der Waals surface area contributed by atoms with Crippen LogP contribution in [0.2, 0.25) is 0 Å². The lowest BCUT2D eigenvalue weighted by Gasteiger charge is -2.28. The maximum atomic E-state index is 10.8. The van der Waals surface area contributed by atoms with E-state index >= 15 is 0 Å². The predicted octanol–water partition coefficient (Wildman–Crippen LogP) is -2.72. The van der Waals surface area contributed by atoms with Gasteiger partial charge >= 0.3 is 17.9 Å². The molecule has 2 unspecified atom stereocenters. The number of carbonyl (C=O) groups is 3. The lowest BCUT2D eigenvalue weighted by molar-refractivity contribution is -0.174. The largest absolute Gasteiger partial charge is 0.481 e. The maximum Gasteiger partial charge on any atom is 0.338 e. The fourth-order valence-corrected chi connectivity index (χ4v) is 1.22. The van der Waals surface area contributed by atoms with Gasteiger partial charge < -0.3 is 31.5 Å². The number of aliphatic carboxylic acids is 3. The van der Waals surface area contributed by atoms with E-state index in [-0.39, 0.29) is 13.1 Å². The number of carboxylic acid groups (broad SMARTS) is 3. The van der Waals surface area contributed by atoms with E-state index in [9.17, 15) is 19.5 Å². The van der Waals surface area contributed by atoms with Crippen molar-refractivity contribution in [3.05, 3.63) is 0 Å². The van der Waals surface area contributed by atoms with Gasteiger partial charge in [0.2, 0.25) is 0 Å². The van der Waals surface area contributed by atoms with Crippen LogP contribution in [0.5, 0.6) is 0 Å². The first kappa shape index (κ1) is 15.3. The van der Waals surface area contributed by atoms with Crippen molar-refractivity contribution in [2.45, 2.75) is 18.1 Å². The molecule has 7 N–H and O–H groups in total. The van der Waals surface area contributed by atoms with Crippen molar-refractivity contribution < 1.29 is 34.8 Å². The van der Waals surface area contributed by atoms with Crippen molar-refractivity contribution in [2.75, 3.05) is 13.1 Å². The molecule has 0 rings (SSSR count). The average Bonchev–Trinajstić information content (AvgIpc) is 2.16. The van der Waals surface area contributed by atoms with Gasteiger partial charge in [0, 0.05) is 13.1 Å². The van der Waals surface area contributed by atoms with Crippen molar-refractivity contribution >= 4 is 17.9 Å². The molecule has 0 bridgehead atoms. The highest BCUT2D eigenvalue weighted by Gasteiger charge is 2.49. The van der Waals surface area contributed by atoms with E-state index in [2.05, 4.69) is 5.32 Å². The zero-order valence-electron chi connectivity index (χ0n) is 8.79. The monoisotopic (exact) mass is 250 g/mol. The SMILES string of the molecule is NCCNC(C(=O)O)C(O)(CC(=O)O)C(=O)O. The van der Waals surface area contributed by atoms with Crippen molar-refractivity contribution in [1.82, 2.24) is 5.32 Å². The second-order valence-corrected chi connectivity index (χ2v) is 3.31. The zero-order valence-corrected chi connectivity index (χ0v) is 8.79. The molecule has 9 nitrogen and oxygen atoms in total. The van der Waals surface area contributed by atoms with E-state index in [1.54, 1.807) is 0 Å². The van der Waals surface area contributed by atoms with E-state index < -0.39 is 36.0 Å². The Labute approximate surface area is 95.8 Å². The Kier molecular flexibility index (Phi) is 5.51. The molecule has 98 valence electrons. The molecule has 0 spiro atoms. The smallest absolute Gasteiger partial charge is 0.338 e. The summed E-state index contributed by atoms with van der Waals surface area (Å²) in [5, 5.41) is 37.8. The number of nitrogens with one attached hydrogen (secondary N) is 1. The third-order valence-corrected chi connectivity index (χ3v) is 2.01. The Morgan fingerprint density at radius 2 is 1.76 bits per heavy atom. The van der Waals surface area contributed by atoms with Crippen molar-refractivity contribution in [3.63, 3.8) is 0 Å². The second-order valence-electron chi connectivity index (χ2n) is 3.31. The van der Waals surface area contributed by atoms with Crippen LogP contribution in [-0.2, 0) is 14.4 Å². The summed E-state index contributed by atoms with van der Waals surface area (Å²) in [6.45, 7) is -0.0707. The lowest BCUT2D eigenvalue weighted by Crippen LogP contribution is -2.61. The first-order valence-electron chi connectivity index (χ1n) is 4.59. The van der Waals surface area contributed by atoms with Crippen molar-refractivity contribution in [1.29, 1.82) is 0 Å². The molecule has 17 heavy (non-hydrogen) atoms. The minimum Gasteiger partial charge on any atom is -0.481 e. The minimum absolute atomic E-state index is 0.00650. The van der Waals surface area contributed by atoms with Crippen LogP contribution in [0, 0.1) is 0 Å². The van der Waals surface area contributed by atoms with Gasteiger partial charge in [0.15, 0.2) is 5.60 Å². The van der Waals surface area contributed by atoms with Gasteiger partial charge in [0.25, 0.3) is 0 Å². The summed E-state index contributed by atoms with van der Waals surface area (Å²) >= 11 is 0. The minimum atomic E-state index is -2.94. The Bertz CT molecular complexity index is 319. The number of carboxylic acids is 3. The summed E-state index contributed by atoms with van der Waals surface area (Å²) in [5.74, 6) is -5.24. The lowest BCUT2D eigenvalue weighted by atomic mass is 9.90. The first-order chi connectivity index (χ1) is 7.75. The summed E-state index contributed by atoms with van der Waals surface area (Å²) in [7, 11) is 0. The number of nitrogens with two attached hydrogens (primary N) is 1. The third-order valence-electron chi connectivity index (χ3n) is 2.01. The Hall–Kier alpha value is -1.71. The number of hydrogen-bond donors (Lipinski definition) is 6. The van der Waals surface area contributed by atoms with E-state index in [0.29, 0.717) is 0 Å². The van der Waals surface area contributed by atoms with Gasteiger partial charge in [-0.3, -0.25) is 9.59 Å². The van der Waals surface area contributed by atoms with Gasteiger partial charge in [-0.15, -0.1) is 0 Å². The highest BCUT2D eigenvalue weighted by Crippen LogP contribution is 2.17. The molecule has 2 atom stereocenters. The summed E-state index contributed by atoms with van der Waals surface area (Å²) in [6, 6.07) is -1.96. The molecule has 0 aromatic carbocycles. The molecule has 0 aromatic rings. The normalized spacial score (nSPS) is 15.9. The molecule has 0 saturated carbocycles. The Balaban J connectivity index is 5.14. The third kappa shape index (κ3) is 3.98. The van der Waals surface area contributed by atoms with Crippen molar-refractivity contribution in [3.8, 4) is 0 Å². The van der Waals surface area contributed by atoms with Crippen LogP contribution in [0.25, 0.3) is 0 Å². The summed E-state index contributed by atoms with van der Waals surface area (Å²) in [6.07, 6.45) is -1.24. The van der Waals surface area contributed by atoms with Gasteiger partial charge in [-0.1, -0.05) is 0 Å². The molecule has 0 radical (unpaired) electrons. The van der Waals surface area contributed by atoms with Crippen molar-refractivity contribution in [2.24, 2.45) is 5.73 Å². The number of rotatable bonds is 8. The molecule has 0 heterocycles. The first-order valence-corrected chi connectivity index (χ1v) is 4.59. The molecule has 0 aromatic heterocycles. The van der Waals surface area contributed by atoms with Crippen LogP contribution in [-0.4, -0.2) is 63.1 Å². The van der Waals surface area contributed by atoms with Gasteiger partial charge in [-0.05, 0) is 0 Å². The van der Waals surface area contributed by atoms with Crippen LogP contribution in [0.15, 0.2) is 0 Å². The van der Waals surface area contributed by atoms with Crippen LogP contribution < -0.4 is 11.1 Å². The average molecular weight is 250 g/mol. The van der Waals surface area contributed by atoms with Crippen LogP contribution in [0.3, 0.4) is 0 Å². The predicted molar refractivity (Wildman–Crippen MR) is 53.3 cm³/mol. The molecule has 0 amide bonds. The van der Waals surface area contributed by atoms with Gasteiger partial charge in [-0.25, -0.2) is 4.79 Å². The molecule has 0 fully saturated rings. The fraction of sp³-hybridized carbons (Fsp3) is 0.625. The Morgan fingerprint density at radius 3 is 2.06 bits per heavy atom. The number of aliphatic hydroxyl groups is 1. The molecule has 0 aliphatic rings. The summed E-state index contributed by atoms with van der Waals surface area (Å²) < 4.78 is 0.